The van der Waals surface area contributed by atoms with Gasteiger partial charge in [-0.1, -0.05) is 0 Å². The van der Waals surface area contributed by atoms with Crippen molar-refractivity contribution in [3.8, 4) is 17.3 Å². The molecule has 0 bridgehead atoms. The second-order valence-corrected chi connectivity index (χ2v) is 6.79. The number of aromatic nitrogens is 5. The van der Waals surface area contributed by atoms with Gasteiger partial charge in [0.25, 0.3) is 5.56 Å². The minimum Gasteiger partial charge on any atom is -0.354 e. The number of rotatable bonds is 4. The van der Waals surface area contributed by atoms with Crippen LogP contribution in [0.3, 0.4) is 0 Å². The van der Waals surface area contributed by atoms with E-state index in [1.807, 2.05) is 12.1 Å². The van der Waals surface area contributed by atoms with Crippen LogP contribution in [0.4, 0.5) is 5.82 Å². The van der Waals surface area contributed by atoms with Gasteiger partial charge in [0, 0.05) is 43.7 Å². The summed E-state index contributed by atoms with van der Waals surface area (Å²) in [6, 6.07) is 10.9. The van der Waals surface area contributed by atoms with Gasteiger partial charge in [-0.3, -0.25) is 9.78 Å². The second-order valence-electron chi connectivity index (χ2n) is 6.79. The molecule has 4 heterocycles. The van der Waals surface area contributed by atoms with Crippen LogP contribution in [0.25, 0.3) is 11.3 Å². The molecule has 0 saturated carbocycles. The first kappa shape index (κ1) is 17.8. The topological polar surface area (TPSA) is 101 Å². The maximum absolute atomic E-state index is 12.3. The van der Waals surface area contributed by atoms with Crippen LogP contribution in [0, 0.1) is 17.2 Å². The predicted octanol–water partition coefficient (Wildman–Crippen LogP) is 1.88. The molecule has 0 atom stereocenters. The molecule has 0 spiro atoms. The van der Waals surface area contributed by atoms with Crippen LogP contribution in [0.15, 0.2) is 53.7 Å². The van der Waals surface area contributed by atoms with Gasteiger partial charge in [-0.2, -0.15) is 15.5 Å². The molecule has 28 heavy (non-hydrogen) atoms. The number of pyridine rings is 1. The Hall–Kier alpha value is -3.60. The van der Waals surface area contributed by atoms with Crippen molar-refractivity contribution in [1.82, 2.24) is 25.0 Å². The van der Waals surface area contributed by atoms with Gasteiger partial charge in [0.15, 0.2) is 5.82 Å². The Morgan fingerprint density at radius 2 is 1.86 bits per heavy atom. The fraction of sp³-hybridized carbons (Fsp3) is 0.300. The number of nitriles is 1. The second kappa shape index (κ2) is 7.96. The molecule has 1 saturated heterocycles. The summed E-state index contributed by atoms with van der Waals surface area (Å²) in [5.41, 5.74) is 2.14. The van der Waals surface area contributed by atoms with Crippen molar-refractivity contribution in [2.45, 2.75) is 19.4 Å². The number of hydrogen-bond donors (Lipinski definition) is 0. The van der Waals surface area contributed by atoms with E-state index in [-0.39, 0.29) is 5.56 Å². The van der Waals surface area contributed by atoms with Crippen LogP contribution >= 0.6 is 0 Å². The Morgan fingerprint density at radius 3 is 2.61 bits per heavy atom. The van der Waals surface area contributed by atoms with Crippen molar-refractivity contribution in [3.63, 3.8) is 0 Å². The first-order valence-corrected chi connectivity index (χ1v) is 9.20. The summed E-state index contributed by atoms with van der Waals surface area (Å²) < 4.78 is 1.55. The van der Waals surface area contributed by atoms with E-state index in [1.165, 1.54) is 6.20 Å². The molecule has 1 aliphatic rings. The highest BCUT2D eigenvalue weighted by molar-refractivity contribution is 5.57. The summed E-state index contributed by atoms with van der Waals surface area (Å²) in [5.74, 6) is 0.981. The lowest BCUT2D eigenvalue weighted by Crippen LogP contribution is -2.37. The van der Waals surface area contributed by atoms with Crippen LogP contribution in [0.1, 0.15) is 18.4 Å². The van der Waals surface area contributed by atoms with Crippen molar-refractivity contribution >= 4 is 5.82 Å². The first-order valence-electron chi connectivity index (χ1n) is 9.20. The minimum atomic E-state index is -0.0964. The predicted molar refractivity (Wildman–Crippen MR) is 103 cm³/mol. The van der Waals surface area contributed by atoms with Crippen LogP contribution < -0.4 is 10.5 Å². The maximum atomic E-state index is 12.3. The third-order valence-corrected chi connectivity index (χ3v) is 5.01. The molecule has 0 N–H and O–H groups in total. The molecule has 1 aliphatic heterocycles. The molecule has 3 aromatic heterocycles. The Kier molecular flexibility index (Phi) is 5.06. The van der Waals surface area contributed by atoms with E-state index in [1.54, 1.807) is 35.3 Å². The quantitative estimate of drug-likeness (QED) is 0.688. The molecule has 140 valence electrons. The highest BCUT2D eigenvalue weighted by Gasteiger charge is 2.23. The van der Waals surface area contributed by atoms with Crippen LogP contribution in [0.2, 0.25) is 0 Å². The molecule has 0 radical (unpaired) electrons. The Bertz CT molecular complexity index is 1050. The zero-order valence-electron chi connectivity index (χ0n) is 15.3. The lowest BCUT2D eigenvalue weighted by Gasteiger charge is -2.32. The summed E-state index contributed by atoms with van der Waals surface area (Å²) in [4.78, 5) is 18.4. The maximum Gasteiger partial charge on any atom is 0.266 e. The van der Waals surface area contributed by atoms with Crippen molar-refractivity contribution in [3.05, 3.63) is 64.8 Å². The summed E-state index contributed by atoms with van der Waals surface area (Å²) in [6.07, 6.45) is 6.75. The third-order valence-electron chi connectivity index (χ3n) is 5.01. The van der Waals surface area contributed by atoms with E-state index in [2.05, 4.69) is 31.2 Å². The Morgan fingerprint density at radius 1 is 1.07 bits per heavy atom. The standard InChI is InChI=1S/C20H19N7O/c21-13-17-5-10-23-24-20(17)26-11-6-15(7-12-26)14-27-19(28)2-1-18(25-27)16-3-8-22-9-4-16/h1-5,8-10,15H,6-7,11-12,14H2. The molecule has 0 aromatic carbocycles. The molecule has 0 amide bonds. The van der Waals surface area contributed by atoms with Crippen molar-refractivity contribution in [2.75, 3.05) is 18.0 Å². The van der Waals surface area contributed by atoms with E-state index in [0.29, 0.717) is 23.8 Å². The van der Waals surface area contributed by atoms with Gasteiger partial charge < -0.3 is 4.90 Å². The average Bonchev–Trinajstić information content (AvgIpc) is 2.76. The van der Waals surface area contributed by atoms with E-state index >= 15 is 0 Å². The highest BCUT2D eigenvalue weighted by Crippen LogP contribution is 2.24. The van der Waals surface area contributed by atoms with Crippen LogP contribution in [0.5, 0.6) is 0 Å². The summed E-state index contributed by atoms with van der Waals surface area (Å²) >= 11 is 0. The number of nitrogens with zero attached hydrogens (tertiary/aromatic N) is 7. The summed E-state index contributed by atoms with van der Waals surface area (Å²) in [5, 5.41) is 21.8. The smallest absolute Gasteiger partial charge is 0.266 e. The first-order chi connectivity index (χ1) is 13.7. The summed E-state index contributed by atoms with van der Waals surface area (Å²) in [6.45, 7) is 2.13. The van der Waals surface area contributed by atoms with E-state index in [9.17, 15) is 10.1 Å². The van der Waals surface area contributed by atoms with Gasteiger partial charge in [-0.05, 0) is 43.0 Å². The van der Waals surface area contributed by atoms with E-state index in [4.69, 9.17) is 0 Å². The molecule has 4 rings (SSSR count). The molecule has 0 aliphatic carbocycles. The molecule has 1 fully saturated rings. The molecule has 3 aromatic rings. The fourth-order valence-electron chi connectivity index (χ4n) is 3.47. The van der Waals surface area contributed by atoms with Crippen LogP contribution in [-0.2, 0) is 6.54 Å². The van der Waals surface area contributed by atoms with Gasteiger partial charge >= 0.3 is 0 Å². The minimum absolute atomic E-state index is 0.0964. The van der Waals surface area contributed by atoms with Crippen LogP contribution in [-0.4, -0.2) is 38.1 Å². The molecule has 8 nitrogen and oxygen atoms in total. The number of piperidine rings is 1. The van der Waals surface area contributed by atoms with Gasteiger partial charge in [-0.15, -0.1) is 5.10 Å². The van der Waals surface area contributed by atoms with Crippen molar-refractivity contribution in [1.29, 1.82) is 5.26 Å². The van der Waals surface area contributed by atoms with Crippen molar-refractivity contribution in [2.24, 2.45) is 5.92 Å². The monoisotopic (exact) mass is 373 g/mol. The molecular formula is C20H19N7O. The Labute approximate surface area is 162 Å². The molecule has 0 unspecified atom stereocenters. The lowest BCUT2D eigenvalue weighted by atomic mass is 9.96. The van der Waals surface area contributed by atoms with E-state index < -0.39 is 0 Å². The number of hydrogen-bond acceptors (Lipinski definition) is 7. The fourth-order valence-corrected chi connectivity index (χ4v) is 3.47. The summed E-state index contributed by atoms with van der Waals surface area (Å²) in [7, 11) is 0. The van der Waals surface area contributed by atoms with Gasteiger partial charge in [0.2, 0.25) is 0 Å². The normalized spacial score (nSPS) is 14.6. The van der Waals surface area contributed by atoms with Gasteiger partial charge in [0.1, 0.15) is 6.07 Å². The van der Waals surface area contributed by atoms with Crippen molar-refractivity contribution < 1.29 is 0 Å². The lowest BCUT2D eigenvalue weighted by molar-refractivity contribution is 0.334. The molecular weight excluding hydrogens is 354 g/mol. The highest BCUT2D eigenvalue weighted by atomic mass is 16.1. The number of anilines is 1. The third kappa shape index (κ3) is 3.74. The SMILES string of the molecule is N#Cc1ccnnc1N1CCC(Cn2nc(-c3ccncc3)ccc2=O)CC1. The zero-order valence-corrected chi connectivity index (χ0v) is 15.3. The van der Waals surface area contributed by atoms with Gasteiger partial charge in [-0.25, -0.2) is 4.68 Å². The largest absolute Gasteiger partial charge is 0.354 e. The van der Waals surface area contributed by atoms with Gasteiger partial charge in [0.05, 0.1) is 17.5 Å². The molecule has 8 heteroatoms. The Balaban J connectivity index is 1.45. The average molecular weight is 373 g/mol. The van der Waals surface area contributed by atoms with E-state index in [0.717, 1.165) is 37.2 Å². The zero-order chi connectivity index (χ0) is 19.3.